The fourth-order valence-electron chi connectivity index (χ4n) is 2.70. The molecule has 110 valence electrons. The maximum atomic E-state index is 10.7. The molecule has 2 aromatic carbocycles. The van der Waals surface area contributed by atoms with Crippen molar-refractivity contribution in [1.82, 2.24) is 0 Å². The van der Waals surface area contributed by atoms with Crippen LogP contribution >= 0.6 is 0 Å². The van der Waals surface area contributed by atoms with Crippen molar-refractivity contribution in [2.75, 3.05) is 13.2 Å². The van der Waals surface area contributed by atoms with E-state index in [4.69, 9.17) is 9.47 Å². The van der Waals surface area contributed by atoms with Crippen LogP contribution in [0.3, 0.4) is 0 Å². The first kappa shape index (κ1) is 14.0. The molecule has 0 fully saturated rings. The summed E-state index contributed by atoms with van der Waals surface area (Å²) in [7, 11) is 0. The standard InChI is InChI=1S/C18H20O3/c1-2-5-13-6-3-7-14(12-13)17(19)15-8-4-9-16-18(15)21-11-10-20-16/h3-4,6-9,12,17,19H,2,5,10-11H2,1H3. The van der Waals surface area contributed by atoms with Crippen molar-refractivity contribution in [2.45, 2.75) is 25.9 Å². The molecule has 1 heterocycles. The van der Waals surface area contributed by atoms with Gasteiger partial charge in [-0.3, -0.25) is 0 Å². The van der Waals surface area contributed by atoms with Gasteiger partial charge in [-0.05, 0) is 23.6 Å². The van der Waals surface area contributed by atoms with E-state index < -0.39 is 6.10 Å². The van der Waals surface area contributed by atoms with Gasteiger partial charge >= 0.3 is 0 Å². The van der Waals surface area contributed by atoms with E-state index >= 15 is 0 Å². The number of aliphatic hydroxyl groups excluding tert-OH is 1. The molecule has 3 nitrogen and oxygen atoms in total. The van der Waals surface area contributed by atoms with E-state index in [2.05, 4.69) is 19.1 Å². The van der Waals surface area contributed by atoms with Gasteiger partial charge in [-0.25, -0.2) is 0 Å². The zero-order valence-electron chi connectivity index (χ0n) is 12.2. The van der Waals surface area contributed by atoms with E-state index in [9.17, 15) is 5.11 Å². The predicted molar refractivity (Wildman–Crippen MR) is 81.9 cm³/mol. The van der Waals surface area contributed by atoms with Crippen molar-refractivity contribution < 1.29 is 14.6 Å². The molecule has 1 atom stereocenters. The van der Waals surface area contributed by atoms with Crippen LogP contribution in [0.4, 0.5) is 0 Å². The lowest BCUT2D eigenvalue weighted by atomic mass is 9.97. The minimum absolute atomic E-state index is 0.520. The van der Waals surface area contributed by atoms with Crippen LogP contribution in [0, 0.1) is 0 Å². The summed E-state index contributed by atoms with van der Waals surface area (Å²) in [6.45, 7) is 3.23. The summed E-state index contributed by atoms with van der Waals surface area (Å²) in [4.78, 5) is 0. The highest BCUT2D eigenvalue weighted by Crippen LogP contribution is 2.39. The summed E-state index contributed by atoms with van der Waals surface area (Å²) >= 11 is 0. The number of hydrogen-bond donors (Lipinski definition) is 1. The molecule has 3 heteroatoms. The van der Waals surface area contributed by atoms with Gasteiger partial charge in [0.1, 0.15) is 19.3 Å². The molecule has 0 aromatic heterocycles. The second-order valence-corrected chi connectivity index (χ2v) is 5.27. The van der Waals surface area contributed by atoms with Gasteiger partial charge in [-0.15, -0.1) is 0 Å². The van der Waals surface area contributed by atoms with Gasteiger partial charge in [-0.2, -0.15) is 0 Å². The molecule has 0 bridgehead atoms. The summed E-state index contributed by atoms with van der Waals surface area (Å²) in [5, 5.41) is 10.7. The van der Waals surface area contributed by atoms with Gasteiger partial charge < -0.3 is 14.6 Å². The number of rotatable bonds is 4. The molecule has 0 saturated carbocycles. The van der Waals surface area contributed by atoms with Crippen molar-refractivity contribution >= 4 is 0 Å². The van der Waals surface area contributed by atoms with Crippen LogP contribution in [0.15, 0.2) is 42.5 Å². The first-order valence-corrected chi connectivity index (χ1v) is 7.45. The molecule has 3 rings (SSSR count). The number of aryl methyl sites for hydroxylation is 1. The second kappa shape index (κ2) is 6.19. The van der Waals surface area contributed by atoms with Crippen molar-refractivity contribution in [3.05, 3.63) is 59.2 Å². The summed E-state index contributed by atoms with van der Waals surface area (Å²) in [6.07, 6.45) is 1.42. The Morgan fingerprint density at radius 1 is 1.10 bits per heavy atom. The highest BCUT2D eigenvalue weighted by molar-refractivity contribution is 5.50. The topological polar surface area (TPSA) is 38.7 Å². The van der Waals surface area contributed by atoms with Gasteiger partial charge in [0.25, 0.3) is 0 Å². The molecule has 1 unspecified atom stereocenters. The van der Waals surface area contributed by atoms with Gasteiger partial charge in [0.05, 0.1) is 0 Å². The minimum Gasteiger partial charge on any atom is -0.486 e. The SMILES string of the molecule is CCCc1cccc(C(O)c2cccc3c2OCCO3)c1. The van der Waals surface area contributed by atoms with Crippen LogP contribution in [0.5, 0.6) is 11.5 Å². The zero-order valence-corrected chi connectivity index (χ0v) is 12.2. The average molecular weight is 284 g/mol. The van der Waals surface area contributed by atoms with E-state index in [1.807, 2.05) is 30.3 Å². The van der Waals surface area contributed by atoms with Crippen molar-refractivity contribution in [2.24, 2.45) is 0 Å². The van der Waals surface area contributed by atoms with Crippen LogP contribution in [-0.4, -0.2) is 18.3 Å². The van der Waals surface area contributed by atoms with Crippen molar-refractivity contribution in [1.29, 1.82) is 0 Å². The highest BCUT2D eigenvalue weighted by Gasteiger charge is 2.21. The monoisotopic (exact) mass is 284 g/mol. The van der Waals surface area contributed by atoms with E-state index in [-0.39, 0.29) is 0 Å². The minimum atomic E-state index is -0.696. The van der Waals surface area contributed by atoms with E-state index in [0.717, 1.165) is 24.0 Å². The normalized spacial score (nSPS) is 14.8. The van der Waals surface area contributed by atoms with Crippen molar-refractivity contribution in [3.63, 3.8) is 0 Å². The van der Waals surface area contributed by atoms with Crippen LogP contribution < -0.4 is 9.47 Å². The van der Waals surface area contributed by atoms with Gasteiger partial charge in [-0.1, -0.05) is 49.7 Å². The van der Waals surface area contributed by atoms with E-state index in [1.54, 1.807) is 0 Å². The van der Waals surface area contributed by atoms with Crippen LogP contribution in [0.25, 0.3) is 0 Å². The molecule has 0 amide bonds. The molecule has 0 aliphatic carbocycles. The first-order chi connectivity index (χ1) is 10.3. The Kier molecular flexibility index (Phi) is 4.11. The number of para-hydroxylation sites is 1. The third-order valence-corrected chi connectivity index (χ3v) is 3.70. The number of aliphatic hydroxyl groups is 1. The Morgan fingerprint density at radius 3 is 2.76 bits per heavy atom. The summed E-state index contributed by atoms with van der Waals surface area (Å²) in [5.74, 6) is 1.37. The highest BCUT2D eigenvalue weighted by atomic mass is 16.6. The molecular weight excluding hydrogens is 264 g/mol. The number of ether oxygens (including phenoxy) is 2. The molecule has 2 aromatic rings. The Morgan fingerprint density at radius 2 is 1.90 bits per heavy atom. The fourth-order valence-corrected chi connectivity index (χ4v) is 2.70. The summed E-state index contributed by atoms with van der Waals surface area (Å²) in [5.41, 5.74) is 2.90. The predicted octanol–water partition coefficient (Wildman–Crippen LogP) is 3.49. The first-order valence-electron chi connectivity index (χ1n) is 7.45. The summed E-state index contributed by atoms with van der Waals surface area (Å²) in [6, 6.07) is 13.8. The third-order valence-electron chi connectivity index (χ3n) is 3.70. The lowest BCUT2D eigenvalue weighted by molar-refractivity contribution is 0.158. The lowest BCUT2D eigenvalue weighted by Crippen LogP contribution is -2.17. The smallest absolute Gasteiger partial charge is 0.167 e. The molecule has 1 N–H and O–H groups in total. The molecular formula is C18H20O3. The van der Waals surface area contributed by atoms with Gasteiger partial charge in [0.15, 0.2) is 11.5 Å². The largest absolute Gasteiger partial charge is 0.486 e. The molecule has 0 spiro atoms. The third kappa shape index (κ3) is 2.88. The number of hydrogen-bond acceptors (Lipinski definition) is 3. The Bertz CT molecular complexity index is 622. The average Bonchev–Trinajstić information content (AvgIpc) is 2.54. The van der Waals surface area contributed by atoms with Crippen LogP contribution in [0.2, 0.25) is 0 Å². The number of fused-ring (bicyclic) bond motifs is 1. The Hall–Kier alpha value is -2.00. The quantitative estimate of drug-likeness (QED) is 0.934. The molecule has 1 aliphatic rings. The summed E-state index contributed by atoms with van der Waals surface area (Å²) < 4.78 is 11.3. The van der Waals surface area contributed by atoms with Crippen LogP contribution in [0.1, 0.15) is 36.1 Å². The zero-order chi connectivity index (χ0) is 14.7. The van der Waals surface area contributed by atoms with Crippen LogP contribution in [-0.2, 0) is 6.42 Å². The van der Waals surface area contributed by atoms with Gasteiger partial charge in [0, 0.05) is 5.56 Å². The molecule has 0 saturated heterocycles. The fraction of sp³-hybridized carbons (Fsp3) is 0.333. The van der Waals surface area contributed by atoms with Crippen molar-refractivity contribution in [3.8, 4) is 11.5 Å². The maximum absolute atomic E-state index is 10.7. The number of benzene rings is 2. The molecule has 0 radical (unpaired) electrons. The Balaban J connectivity index is 1.95. The maximum Gasteiger partial charge on any atom is 0.167 e. The second-order valence-electron chi connectivity index (χ2n) is 5.27. The molecule has 1 aliphatic heterocycles. The Labute approximate surface area is 125 Å². The van der Waals surface area contributed by atoms with E-state index in [0.29, 0.717) is 24.7 Å². The van der Waals surface area contributed by atoms with Gasteiger partial charge in [0.2, 0.25) is 0 Å². The molecule has 21 heavy (non-hydrogen) atoms. The van der Waals surface area contributed by atoms with E-state index in [1.165, 1.54) is 5.56 Å². The lowest BCUT2D eigenvalue weighted by Gasteiger charge is -2.23.